The van der Waals surface area contributed by atoms with E-state index in [1.165, 1.54) is 4.90 Å². The van der Waals surface area contributed by atoms with Crippen molar-refractivity contribution >= 4 is 29.3 Å². The van der Waals surface area contributed by atoms with E-state index < -0.39 is 6.04 Å². The number of hydrogen-bond donors (Lipinski definition) is 1. The molecular weight excluding hydrogens is 368 g/mol. The molecule has 0 radical (unpaired) electrons. The Morgan fingerprint density at radius 2 is 2.11 bits per heavy atom. The molecule has 0 aliphatic carbocycles. The molecule has 2 saturated heterocycles. The van der Waals surface area contributed by atoms with Crippen molar-refractivity contribution in [3.63, 3.8) is 0 Å². The molecule has 3 aliphatic heterocycles. The standard InChI is InChI=1S/C18H23ClN6O2/c1-4-23-16(26)14-15(22(3)18(23)27)20-17-24(14)9-11(2)21-25(17)10-12-6-5-7-13(19)8-12/h5-8,14-15,17,20H,4,9-10H2,1-3H3. The lowest BCUT2D eigenvalue weighted by Gasteiger charge is -2.42. The van der Waals surface area contributed by atoms with Crippen molar-refractivity contribution in [2.75, 3.05) is 20.1 Å². The summed E-state index contributed by atoms with van der Waals surface area (Å²) >= 11 is 6.11. The molecule has 1 N–H and O–H groups in total. The van der Waals surface area contributed by atoms with Crippen LogP contribution < -0.4 is 5.32 Å². The second-order valence-electron chi connectivity index (χ2n) is 7.14. The maximum atomic E-state index is 13.0. The second-order valence-corrected chi connectivity index (χ2v) is 7.58. The molecule has 3 aliphatic rings. The fraction of sp³-hybridized carbons (Fsp3) is 0.500. The topological polar surface area (TPSA) is 71.5 Å². The molecule has 4 rings (SSSR count). The highest BCUT2D eigenvalue weighted by Gasteiger charge is 2.55. The molecule has 9 heteroatoms. The lowest BCUT2D eigenvalue weighted by Crippen LogP contribution is -2.66. The van der Waals surface area contributed by atoms with Crippen molar-refractivity contribution < 1.29 is 9.59 Å². The van der Waals surface area contributed by atoms with Crippen molar-refractivity contribution in [1.29, 1.82) is 0 Å². The lowest BCUT2D eigenvalue weighted by atomic mass is 10.1. The van der Waals surface area contributed by atoms with Gasteiger partial charge < -0.3 is 4.90 Å². The van der Waals surface area contributed by atoms with Crippen LogP contribution in [0.2, 0.25) is 5.02 Å². The number of nitrogens with one attached hydrogen (secondary N) is 1. The molecule has 3 atom stereocenters. The average Bonchev–Trinajstić information content (AvgIpc) is 3.00. The number of benzene rings is 1. The van der Waals surface area contributed by atoms with Gasteiger partial charge in [-0.25, -0.2) is 9.69 Å². The second kappa shape index (κ2) is 6.78. The Bertz CT molecular complexity index is 815. The van der Waals surface area contributed by atoms with E-state index in [1.807, 2.05) is 43.1 Å². The van der Waals surface area contributed by atoms with E-state index in [-0.39, 0.29) is 24.4 Å². The third kappa shape index (κ3) is 2.97. The summed E-state index contributed by atoms with van der Waals surface area (Å²) in [5.41, 5.74) is 1.95. The monoisotopic (exact) mass is 390 g/mol. The van der Waals surface area contributed by atoms with Crippen LogP contribution in [0.3, 0.4) is 0 Å². The van der Waals surface area contributed by atoms with Gasteiger partial charge in [-0.05, 0) is 31.5 Å². The largest absolute Gasteiger partial charge is 0.327 e. The maximum absolute atomic E-state index is 13.0. The molecule has 1 aromatic rings. The number of carbonyl (C=O) groups is 2. The van der Waals surface area contributed by atoms with E-state index >= 15 is 0 Å². The van der Waals surface area contributed by atoms with E-state index in [4.69, 9.17) is 16.7 Å². The molecule has 3 unspecified atom stereocenters. The van der Waals surface area contributed by atoms with Gasteiger partial charge in [-0.15, -0.1) is 0 Å². The van der Waals surface area contributed by atoms with Crippen LogP contribution >= 0.6 is 11.6 Å². The number of halogens is 1. The van der Waals surface area contributed by atoms with Gasteiger partial charge in [-0.2, -0.15) is 5.10 Å². The van der Waals surface area contributed by atoms with E-state index in [0.29, 0.717) is 24.7 Å². The normalized spacial score (nSPS) is 28.4. The number of urea groups is 1. The molecular formula is C18H23ClN6O2. The smallest absolute Gasteiger partial charge is 0.310 e. The van der Waals surface area contributed by atoms with Gasteiger partial charge in [0.15, 0.2) is 6.29 Å². The summed E-state index contributed by atoms with van der Waals surface area (Å²) in [6.45, 7) is 5.26. The molecule has 8 nitrogen and oxygen atoms in total. The third-order valence-corrected chi connectivity index (χ3v) is 5.54. The molecule has 3 heterocycles. The van der Waals surface area contributed by atoms with Gasteiger partial charge in [-0.3, -0.25) is 20.0 Å². The van der Waals surface area contributed by atoms with Crippen LogP contribution in [0.25, 0.3) is 0 Å². The van der Waals surface area contributed by atoms with Crippen molar-refractivity contribution in [1.82, 2.24) is 25.0 Å². The van der Waals surface area contributed by atoms with Gasteiger partial charge in [0.1, 0.15) is 12.2 Å². The highest BCUT2D eigenvalue weighted by atomic mass is 35.5. The first-order chi connectivity index (χ1) is 12.9. The molecule has 1 aromatic carbocycles. The van der Waals surface area contributed by atoms with Crippen molar-refractivity contribution in [2.24, 2.45) is 5.10 Å². The van der Waals surface area contributed by atoms with Crippen molar-refractivity contribution in [2.45, 2.75) is 38.9 Å². The summed E-state index contributed by atoms with van der Waals surface area (Å²) in [7, 11) is 1.73. The Balaban J connectivity index is 1.64. The quantitative estimate of drug-likeness (QED) is 0.843. The van der Waals surface area contributed by atoms with Crippen LogP contribution in [0.1, 0.15) is 19.4 Å². The molecule has 144 valence electrons. The molecule has 0 spiro atoms. The number of imide groups is 1. The number of fused-ring (bicyclic) bond motifs is 3. The number of hydrazone groups is 1. The molecule has 3 amide bonds. The Morgan fingerprint density at radius 3 is 2.81 bits per heavy atom. The summed E-state index contributed by atoms with van der Waals surface area (Å²) in [4.78, 5) is 30.5. The van der Waals surface area contributed by atoms with Gasteiger partial charge in [0.2, 0.25) is 0 Å². The number of likely N-dealkylation sites (N-methyl/N-ethyl adjacent to an activating group) is 2. The fourth-order valence-electron chi connectivity index (χ4n) is 4.08. The molecule has 0 aromatic heterocycles. The maximum Gasteiger partial charge on any atom is 0.327 e. The molecule has 27 heavy (non-hydrogen) atoms. The lowest BCUT2D eigenvalue weighted by molar-refractivity contribution is -0.138. The SMILES string of the molecule is CCN1C(=O)C2C(NC3N(Cc4cccc(Cl)c4)N=C(C)CN23)N(C)C1=O. The van der Waals surface area contributed by atoms with E-state index in [1.54, 1.807) is 11.9 Å². The highest BCUT2D eigenvalue weighted by Crippen LogP contribution is 2.31. The van der Waals surface area contributed by atoms with Gasteiger partial charge in [-0.1, -0.05) is 23.7 Å². The summed E-state index contributed by atoms with van der Waals surface area (Å²) in [6.07, 6.45) is -0.639. The van der Waals surface area contributed by atoms with E-state index in [2.05, 4.69) is 10.2 Å². The van der Waals surface area contributed by atoms with Gasteiger partial charge in [0.25, 0.3) is 5.91 Å². The first-order valence-corrected chi connectivity index (χ1v) is 9.43. The van der Waals surface area contributed by atoms with Gasteiger partial charge in [0.05, 0.1) is 6.54 Å². The van der Waals surface area contributed by atoms with Crippen LogP contribution in [0, 0.1) is 0 Å². The van der Waals surface area contributed by atoms with Crippen molar-refractivity contribution in [3.8, 4) is 0 Å². The molecule has 2 fully saturated rings. The third-order valence-electron chi connectivity index (χ3n) is 5.30. The Kier molecular flexibility index (Phi) is 4.57. The molecule has 0 saturated carbocycles. The fourth-order valence-corrected chi connectivity index (χ4v) is 4.30. The summed E-state index contributed by atoms with van der Waals surface area (Å²) in [5.74, 6) is -0.155. The van der Waals surface area contributed by atoms with Crippen LogP contribution in [-0.2, 0) is 11.3 Å². The minimum absolute atomic E-state index is 0.155. The van der Waals surface area contributed by atoms with Crippen LogP contribution in [0.4, 0.5) is 4.79 Å². The minimum Gasteiger partial charge on any atom is -0.310 e. The summed E-state index contributed by atoms with van der Waals surface area (Å²) < 4.78 is 0. The Hall–Kier alpha value is -2.16. The predicted molar refractivity (Wildman–Crippen MR) is 102 cm³/mol. The Labute approximate surface area is 163 Å². The van der Waals surface area contributed by atoms with Crippen LogP contribution in [0.15, 0.2) is 29.4 Å². The average molecular weight is 391 g/mol. The van der Waals surface area contributed by atoms with Crippen molar-refractivity contribution in [3.05, 3.63) is 34.9 Å². The van der Waals surface area contributed by atoms with Gasteiger partial charge >= 0.3 is 6.03 Å². The first kappa shape index (κ1) is 18.2. The molecule has 0 bridgehead atoms. The Morgan fingerprint density at radius 1 is 1.33 bits per heavy atom. The van der Waals surface area contributed by atoms with Gasteiger partial charge in [0, 0.05) is 30.9 Å². The van der Waals surface area contributed by atoms with Crippen LogP contribution in [0.5, 0.6) is 0 Å². The number of hydrogen-bond acceptors (Lipinski definition) is 6. The minimum atomic E-state index is -0.426. The number of amides is 3. The highest BCUT2D eigenvalue weighted by molar-refractivity contribution is 6.30. The zero-order valence-electron chi connectivity index (χ0n) is 15.6. The summed E-state index contributed by atoms with van der Waals surface area (Å²) in [5, 5.41) is 10.7. The number of nitrogens with zero attached hydrogens (tertiary/aromatic N) is 5. The summed E-state index contributed by atoms with van der Waals surface area (Å²) in [6, 6.07) is 6.96. The van der Waals surface area contributed by atoms with Crippen LogP contribution in [-0.4, -0.2) is 76.0 Å². The zero-order chi connectivity index (χ0) is 19.3. The van der Waals surface area contributed by atoms with E-state index in [0.717, 1.165) is 11.3 Å². The number of rotatable bonds is 3. The zero-order valence-corrected chi connectivity index (χ0v) is 16.3. The van der Waals surface area contributed by atoms with E-state index in [9.17, 15) is 9.59 Å². The first-order valence-electron chi connectivity index (χ1n) is 9.06. The predicted octanol–water partition coefficient (Wildman–Crippen LogP) is 1.33. The number of carbonyl (C=O) groups excluding carboxylic acids is 2.